The van der Waals surface area contributed by atoms with Crippen molar-refractivity contribution in [1.82, 2.24) is 4.98 Å². The number of amides is 1. The highest BCUT2D eigenvalue weighted by molar-refractivity contribution is 6.03. The van der Waals surface area contributed by atoms with E-state index in [0.717, 1.165) is 31.6 Å². The minimum atomic E-state index is -0.419. The number of carbonyl (C=O) groups excluding carboxylic acids is 1. The second kappa shape index (κ2) is 8.26. The lowest BCUT2D eigenvalue weighted by atomic mass is 10.0. The van der Waals surface area contributed by atoms with Crippen LogP contribution in [0, 0.1) is 0 Å². The lowest BCUT2D eigenvalue weighted by Gasteiger charge is -2.38. The van der Waals surface area contributed by atoms with Gasteiger partial charge in [0.2, 0.25) is 0 Å². The fourth-order valence-electron chi connectivity index (χ4n) is 3.74. The Bertz CT molecular complexity index is 872. The number of hydrogen-bond acceptors (Lipinski definition) is 7. The van der Waals surface area contributed by atoms with Gasteiger partial charge in [0.05, 0.1) is 27.4 Å². The smallest absolute Gasteiger partial charge is 0.274 e. The monoisotopic (exact) mass is 399 g/mol. The van der Waals surface area contributed by atoms with Gasteiger partial charge in [-0.1, -0.05) is 0 Å². The summed E-state index contributed by atoms with van der Waals surface area (Å²) in [6.07, 6.45) is 3.27. The third-order valence-corrected chi connectivity index (χ3v) is 5.32. The molecule has 8 nitrogen and oxygen atoms in total. The van der Waals surface area contributed by atoms with Gasteiger partial charge in [0.15, 0.2) is 17.3 Å². The van der Waals surface area contributed by atoms with E-state index < -0.39 is 5.79 Å². The Balaban J connectivity index is 1.44. The van der Waals surface area contributed by atoms with Crippen molar-refractivity contribution in [2.24, 2.45) is 0 Å². The van der Waals surface area contributed by atoms with Gasteiger partial charge >= 0.3 is 0 Å². The Hall–Kier alpha value is -2.84. The maximum atomic E-state index is 12.7. The summed E-state index contributed by atoms with van der Waals surface area (Å²) in [6.45, 7) is 2.94. The number of anilines is 2. The Morgan fingerprint density at radius 2 is 1.79 bits per heavy atom. The summed E-state index contributed by atoms with van der Waals surface area (Å²) in [4.78, 5) is 19.2. The van der Waals surface area contributed by atoms with Gasteiger partial charge in [-0.05, 0) is 24.3 Å². The van der Waals surface area contributed by atoms with E-state index in [9.17, 15) is 4.79 Å². The van der Waals surface area contributed by atoms with Crippen LogP contribution in [-0.4, -0.2) is 57.2 Å². The minimum Gasteiger partial charge on any atom is -0.493 e. The number of nitrogens with one attached hydrogen (secondary N) is 1. The van der Waals surface area contributed by atoms with Gasteiger partial charge < -0.3 is 29.2 Å². The normalized spacial score (nSPS) is 17.9. The predicted molar refractivity (Wildman–Crippen MR) is 108 cm³/mol. The van der Waals surface area contributed by atoms with Crippen LogP contribution >= 0.6 is 0 Å². The lowest BCUT2D eigenvalue weighted by molar-refractivity contribution is -0.169. The van der Waals surface area contributed by atoms with Gasteiger partial charge in [-0.2, -0.15) is 0 Å². The highest BCUT2D eigenvalue weighted by Crippen LogP contribution is 2.33. The summed E-state index contributed by atoms with van der Waals surface area (Å²) in [7, 11) is 3.12. The number of piperidine rings is 1. The van der Waals surface area contributed by atoms with Crippen molar-refractivity contribution in [3.05, 3.63) is 42.2 Å². The molecule has 2 saturated heterocycles. The average molecular weight is 399 g/mol. The number of carbonyl (C=O) groups is 1. The van der Waals surface area contributed by atoms with E-state index in [-0.39, 0.29) is 5.91 Å². The van der Waals surface area contributed by atoms with E-state index >= 15 is 0 Å². The number of nitrogens with zero attached hydrogens (tertiary/aromatic N) is 2. The molecule has 8 heteroatoms. The molecule has 0 saturated carbocycles. The van der Waals surface area contributed by atoms with Crippen LogP contribution in [0.4, 0.5) is 11.4 Å². The molecule has 0 unspecified atom stereocenters. The zero-order valence-electron chi connectivity index (χ0n) is 16.6. The van der Waals surface area contributed by atoms with Crippen molar-refractivity contribution in [3.63, 3.8) is 0 Å². The number of pyridine rings is 1. The quantitative estimate of drug-likeness (QED) is 0.828. The Kier molecular flexibility index (Phi) is 5.55. The highest BCUT2D eigenvalue weighted by Gasteiger charge is 2.39. The molecule has 1 N–H and O–H groups in total. The topological polar surface area (TPSA) is 82.2 Å². The number of aromatic nitrogens is 1. The molecule has 0 bridgehead atoms. The molecule has 154 valence electrons. The molecule has 1 aromatic carbocycles. The van der Waals surface area contributed by atoms with Crippen LogP contribution < -0.4 is 19.7 Å². The molecule has 1 aromatic heterocycles. The van der Waals surface area contributed by atoms with E-state index in [0.29, 0.717) is 36.1 Å². The summed E-state index contributed by atoms with van der Waals surface area (Å²) in [5.41, 5.74) is 1.92. The average Bonchev–Trinajstić information content (AvgIpc) is 3.22. The molecule has 3 heterocycles. The van der Waals surface area contributed by atoms with Crippen molar-refractivity contribution in [1.29, 1.82) is 0 Å². The first-order valence-corrected chi connectivity index (χ1v) is 9.65. The Labute approximate surface area is 169 Å². The first-order chi connectivity index (χ1) is 14.1. The van der Waals surface area contributed by atoms with E-state index in [1.54, 1.807) is 38.6 Å². The summed E-state index contributed by atoms with van der Waals surface area (Å²) in [5.74, 6) is 0.446. The van der Waals surface area contributed by atoms with Crippen molar-refractivity contribution in [2.45, 2.75) is 18.6 Å². The molecule has 0 atom stereocenters. The van der Waals surface area contributed by atoms with Gasteiger partial charge in [0.25, 0.3) is 5.91 Å². The fourth-order valence-corrected chi connectivity index (χ4v) is 3.74. The summed E-state index contributed by atoms with van der Waals surface area (Å²) >= 11 is 0. The van der Waals surface area contributed by atoms with Crippen LogP contribution in [0.3, 0.4) is 0 Å². The van der Waals surface area contributed by atoms with E-state index in [1.165, 1.54) is 0 Å². The van der Waals surface area contributed by atoms with E-state index in [2.05, 4.69) is 15.2 Å². The molecule has 0 radical (unpaired) electrons. The van der Waals surface area contributed by atoms with Gasteiger partial charge in [-0.15, -0.1) is 0 Å². The molecule has 4 rings (SSSR count). The molecule has 29 heavy (non-hydrogen) atoms. The van der Waals surface area contributed by atoms with Gasteiger partial charge in [-0.3, -0.25) is 9.78 Å². The minimum absolute atomic E-state index is 0.282. The van der Waals surface area contributed by atoms with Gasteiger partial charge in [0, 0.05) is 49.6 Å². The molecule has 2 fully saturated rings. The summed E-state index contributed by atoms with van der Waals surface area (Å²) in [5, 5.41) is 2.86. The van der Waals surface area contributed by atoms with E-state index in [4.69, 9.17) is 18.9 Å². The molecular formula is C21H25N3O5. The zero-order valence-corrected chi connectivity index (χ0v) is 16.6. The number of benzene rings is 1. The SMILES string of the molecule is COc1ccc(NC(=O)c2cc(N3CCC4(CC3)OCCO4)ccn2)cc1OC. The van der Waals surface area contributed by atoms with Crippen LogP contribution in [0.1, 0.15) is 23.3 Å². The molecule has 2 aliphatic heterocycles. The summed E-state index contributed by atoms with van der Waals surface area (Å²) < 4.78 is 22.1. The third-order valence-electron chi connectivity index (χ3n) is 5.32. The van der Waals surface area contributed by atoms with Crippen LogP contribution in [0.2, 0.25) is 0 Å². The highest BCUT2D eigenvalue weighted by atomic mass is 16.7. The molecular weight excluding hydrogens is 374 g/mol. The maximum absolute atomic E-state index is 12.7. The third kappa shape index (κ3) is 4.13. The van der Waals surface area contributed by atoms with Gasteiger partial charge in [0.1, 0.15) is 5.69 Å². The fraction of sp³-hybridized carbons (Fsp3) is 0.429. The molecule has 2 aromatic rings. The van der Waals surface area contributed by atoms with Crippen molar-refractivity contribution in [3.8, 4) is 11.5 Å². The van der Waals surface area contributed by atoms with Crippen molar-refractivity contribution < 1.29 is 23.7 Å². The molecule has 1 amide bonds. The Morgan fingerprint density at radius 3 is 2.48 bits per heavy atom. The number of methoxy groups -OCH3 is 2. The molecule has 2 aliphatic rings. The zero-order chi connectivity index (χ0) is 20.3. The standard InChI is InChI=1S/C21H25N3O5/c1-26-18-4-3-15(13-19(18)27-2)23-20(25)17-14-16(5-8-22-17)24-9-6-21(7-10-24)28-11-12-29-21/h3-5,8,13-14H,6-7,9-12H2,1-2H3,(H,23,25). The number of ether oxygens (including phenoxy) is 4. The number of rotatable bonds is 5. The summed E-state index contributed by atoms with van der Waals surface area (Å²) in [6, 6.07) is 8.95. The molecule has 0 aliphatic carbocycles. The van der Waals surface area contributed by atoms with Crippen LogP contribution in [0.5, 0.6) is 11.5 Å². The van der Waals surface area contributed by atoms with Crippen molar-refractivity contribution >= 4 is 17.3 Å². The van der Waals surface area contributed by atoms with E-state index in [1.807, 2.05) is 12.1 Å². The van der Waals surface area contributed by atoms with Crippen LogP contribution in [-0.2, 0) is 9.47 Å². The van der Waals surface area contributed by atoms with Crippen molar-refractivity contribution in [2.75, 3.05) is 50.7 Å². The number of hydrogen-bond donors (Lipinski definition) is 1. The maximum Gasteiger partial charge on any atom is 0.274 e. The molecule has 1 spiro atoms. The Morgan fingerprint density at radius 1 is 1.07 bits per heavy atom. The predicted octanol–water partition coefficient (Wildman–Crippen LogP) is 2.69. The van der Waals surface area contributed by atoms with Crippen LogP contribution in [0.15, 0.2) is 36.5 Å². The second-order valence-electron chi connectivity index (χ2n) is 7.02. The van der Waals surface area contributed by atoms with Gasteiger partial charge in [-0.25, -0.2) is 0 Å². The lowest BCUT2D eigenvalue weighted by Crippen LogP contribution is -2.45. The van der Waals surface area contributed by atoms with Crippen LogP contribution in [0.25, 0.3) is 0 Å². The first kappa shape index (κ1) is 19.5. The largest absolute Gasteiger partial charge is 0.493 e. The second-order valence-corrected chi connectivity index (χ2v) is 7.02. The first-order valence-electron chi connectivity index (χ1n) is 9.65.